The van der Waals surface area contributed by atoms with Gasteiger partial charge in [0.15, 0.2) is 0 Å². The zero-order valence-electron chi connectivity index (χ0n) is 21.4. The summed E-state index contributed by atoms with van der Waals surface area (Å²) in [6.07, 6.45) is -1.08. The van der Waals surface area contributed by atoms with Crippen LogP contribution in [0.1, 0.15) is 36.5 Å². The Morgan fingerprint density at radius 2 is 1.53 bits per heavy atom. The number of aliphatic carboxylic acids is 1. The summed E-state index contributed by atoms with van der Waals surface area (Å²) in [4.78, 5) is 24.5. The number of anilines is 1. The number of alkyl carbamates (subject to hydrolysis) is 1. The summed E-state index contributed by atoms with van der Waals surface area (Å²) in [6, 6.07) is 21.4. The number of carboxylic acids is 1. The molecule has 4 rings (SSSR count). The molecule has 9 nitrogen and oxygen atoms in total. The molecule has 0 heterocycles. The van der Waals surface area contributed by atoms with E-state index >= 15 is 0 Å². The average Bonchev–Trinajstić information content (AvgIpc) is 3.21. The fourth-order valence-corrected chi connectivity index (χ4v) is 5.73. The maximum absolute atomic E-state index is 12.6. The number of carbonyl (C=O) groups excluding carboxylic acids is 1. The van der Waals surface area contributed by atoms with Crippen LogP contribution in [0.3, 0.4) is 0 Å². The van der Waals surface area contributed by atoms with Gasteiger partial charge in [-0.15, -0.1) is 0 Å². The highest BCUT2D eigenvalue weighted by atomic mass is 31.2. The lowest BCUT2D eigenvalue weighted by atomic mass is 9.98. The van der Waals surface area contributed by atoms with E-state index in [1.807, 2.05) is 48.5 Å². The molecule has 1 amide bonds. The van der Waals surface area contributed by atoms with Crippen molar-refractivity contribution >= 4 is 25.5 Å². The number of fused-ring (bicyclic) bond motifs is 3. The van der Waals surface area contributed by atoms with Gasteiger partial charge in [0.2, 0.25) is 0 Å². The Kier molecular flexibility index (Phi) is 8.52. The van der Waals surface area contributed by atoms with Crippen LogP contribution in [-0.4, -0.2) is 43.0 Å². The van der Waals surface area contributed by atoms with Crippen molar-refractivity contribution in [1.29, 1.82) is 0 Å². The Hall–Kier alpha value is -3.65. The van der Waals surface area contributed by atoms with Crippen LogP contribution in [0.5, 0.6) is 0 Å². The average molecular weight is 539 g/mol. The maximum Gasteiger partial charge on any atom is 0.432 e. The van der Waals surface area contributed by atoms with Crippen molar-refractivity contribution < 1.29 is 33.0 Å². The van der Waals surface area contributed by atoms with Crippen LogP contribution >= 0.6 is 7.75 Å². The third-order valence-corrected chi connectivity index (χ3v) is 7.90. The molecule has 38 heavy (non-hydrogen) atoms. The molecule has 1 unspecified atom stereocenters. The van der Waals surface area contributed by atoms with Gasteiger partial charge in [0.05, 0.1) is 6.10 Å². The zero-order valence-corrected chi connectivity index (χ0v) is 22.3. The van der Waals surface area contributed by atoms with Gasteiger partial charge in [0, 0.05) is 25.1 Å². The molecular weight excluding hydrogens is 507 g/mol. The van der Waals surface area contributed by atoms with Crippen molar-refractivity contribution in [3.05, 3.63) is 89.5 Å². The SMILES string of the molecule is COP(=O)(Nc1ccc(C[C@H](NC(=O)OCC2c3ccccc3-c3ccccc32)C(=O)O)cc1)OC(C)C. The fourth-order valence-electron chi connectivity index (χ4n) is 4.48. The topological polar surface area (TPSA) is 123 Å². The van der Waals surface area contributed by atoms with E-state index in [-0.39, 0.29) is 25.0 Å². The van der Waals surface area contributed by atoms with Gasteiger partial charge in [-0.05, 0) is 53.8 Å². The van der Waals surface area contributed by atoms with Crippen molar-refractivity contribution in [2.45, 2.75) is 38.3 Å². The molecule has 1 aliphatic rings. The van der Waals surface area contributed by atoms with Crippen molar-refractivity contribution in [2.24, 2.45) is 0 Å². The van der Waals surface area contributed by atoms with E-state index in [0.29, 0.717) is 11.3 Å². The molecule has 0 aliphatic heterocycles. The molecule has 200 valence electrons. The molecule has 3 aromatic rings. The summed E-state index contributed by atoms with van der Waals surface area (Å²) < 4.78 is 28.5. The number of rotatable bonds is 11. The molecule has 3 N–H and O–H groups in total. The number of hydrogen-bond acceptors (Lipinski definition) is 6. The summed E-state index contributed by atoms with van der Waals surface area (Å²) in [5.41, 5.74) is 5.49. The predicted molar refractivity (Wildman–Crippen MR) is 144 cm³/mol. The molecule has 0 saturated heterocycles. The van der Waals surface area contributed by atoms with Gasteiger partial charge in [-0.3, -0.25) is 14.1 Å². The third kappa shape index (κ3) is 6.42. The van der Waals surface area contributed by atoms with Crippen LogP contribution in [-0.2, 0) is 29.6 Å². The first-order valence-electron chi connectivity index (χ1n) is 12.2. The summed E-state index contributed by atoms with van der Waals surface area (Å²) in [7, 11) is -2.24. The quantitative estimate of drug-likeness (QED) is 0.261. The highest BCUT2D eigenvalue weighted by Crippen LogP contribution is 2.48. The maximum atomic E-state index is 12.6. The first-order chi connectivity index (χ1) is 18.2. The predicted octanol–water partition coefficient (Wildman–Crippen LogP) is 5.81. The molecule has 1 aliphatic carbocycles. The number of nitrogens with one attached hydrogen (secondary N) is 2. The molecule has 0 bridgehead atoms. The second-order valence-electron chi connectivity index (χ2n) is 9.21. The number of ether oxygens (including phenoxy) is 1. The molecule has 0 radical (unpaired) electrons. The van der Waals surface area contributed by atoms with Gasteiger partial charge in [-0.25, -0.2) is 14.2 Å². The van der Waals surface area contributed by atoms with E-state index in [1.165, 1.54) is 7.11 Å². The van der Waals surface area contributed by atoms with Crippen LogP contribution in [0.15, 0.2) is 72.8 Å². The minimum Gasteiger partial charge on any atom is -0.480 e. The number of benzene rings is 3. The zero-order chi connectivity index (χ0) is 27.3. The van der Waals surface area contributed by atoms with Crippen molar-refractivity contribution in [2.75, 3.05) is 18.8 Å². The third-order valence-electron chi connectivity index (χ3n) is 6.18. The van der Waals surface area contributed by atoms with E-state index < -0.39 is 25.9 Å². The van der Waals surface area contributed by atoms with E-state index in [0.717, 1.165) is 22.3 Å². The molecule has 0 aromatic heterocycles. The van der Waals surface area contributed by atoms with Crippen molar-refractivity contribution in [1.82, 2.24) is 5.32 Å². The lowest BCUT2D eigenvalue weighted by molar-refractivity contribution is -0.139. The lowest BCUT2D eigenvalue weighted by Crippen LogP contribution is -2.42. The van der Waals surface area contributed by atoms with Crippen LogP contribution < -0.4 is 10.4 Å². The Labute approximate surface area is 221 Å². The number of hydrogen-bond donors (Lipinski definition) is 3. The molecule has 0 fully saturated rings. The van der Waals surface area contributed by atoms with Crippen LogP contribution in [0.25, 0.3) is 11.1 Å². The summed E-state index contributed by atoms with van der Waals surface area (Å²) in [5.74, 6) is -1.31. The summed E-state index contributed by atoms with van der Waals surface area (Å²) in [6.45, 7) is 3.57. The van der Waals surface area contributed by atoms with E-state index in [1.54, 1.807) is 38.1 Å². The van der Waals surface area contributed by atoms with Crippen molar-refractivity contribution in [3.63, 3.8) is 0 Å². The van der Waals surface area contributed by atoms with Gasteiger partial charge in [-0.1, -0.05) is 60.7 Å². The lowest BCUT2D eigenvalue weighted by Gasteiger charge is -2.20. The number of carbonyl (C=O) groups is 2. The Morgan fingerprint density at radius 1 is 0.947 bits per heavy atom. The second-order valence-corrected chi connectivity index (χ2v) is 11.0. The highest BCUT2D eigenvalue weighted by Gasteiger charge is 2.30. The molecule has 3 aromatic carbocycles. The van der Waals surface area contributed by atoms with Crippen LogP contribution in [0.2, 0.25) is 0 Å². The van der Waals surface area contributed by atoms with Crippen LogP contribution in [0, 0.1) is 0 Å². The molecule has 0 spiro atoms. The van der Waals surface area contributed by atoms with Gasteiger partial charge >= 0.3 is 19.8 Å². The minimum atomic E-state index is -3.53. The van der Waals surface area contributed by atoms with Gasteiger partial charge in [-0.2, -0.15) is 0 Å². The fraction of sp³-hybridized carbons (Fsp3) is 0.286. The molecule has 0 saturated carbocycles. The smallest absolute Gasteiger partial charge is 0.432 e. The second kappa shape index (κ2) is 11.8. The molecular formula is C28H31N2O7P. The Morgan fingerprint density at radius 3 is 2.05 bits per heavy atom. The summed E-state index contributed by atoms with van der Waals surface area (Å²) in [5, 5.41) is 14.9. The van der Waals surface area contributed by atoms with Crippen molar-refractivity contribution in [3.8, 4) is 11.1 Å². The minimum absolute atomic E-state index is 0.0320. The molecule has 10 heteroatoms. The van der Waals surface area contributed by atoms with Crippen LogP contribution in [0.4, 0.5) is 10.5 Å². The largest absolute Gasteiger partial charge is 0.480 e. The van der Waals surface area contributed by atoms with E-state index in [9.17, 15) is 19.3 Å². The standard InChI is InChI=1S/C28H31N2O7P/c1-18(2)37-38(34,35-3)30-20-14-12-19(13-15-20)16-26(27(31)32)29-28(33)36-17-25-23-10-6-4-8-21(23)22-9-5-7-11-24(22)25/h4-15,18,25-26H,16-17H2,1-3H3,(H,29,33)(H,30,34)(H,31,32)/t26-,38?/m0/s1. The van der Waals surface area contributed by atoms with E-state index in [4.69, 9.17) is 13.8 Å². The highest BCUT2D eigenvalue weighted by molar-refractivity contribution is 7.55. The first kappa shape index (κ1) is 27.4. The monoisotopic (exact) mass is 538 g/mol. The van der Waals surface area contributed by atoms with Gasteiger partial charge in [0.25, 0.3) is 0 Å². The Bertz CT molecular complexity index is 1300. The Balaban J connectivity index is 1.36. The first-order valence-corrected chi connectivity index (χ1v) is 13.8. The van der Waals surface area contributed by atoms with Gasteiger partial charge < -0.3 is 15.2 Å². The number of amides is 1. The normalized spacial score (nSPS) is 14.7. The van der Waals surface area contributed by atoms with Gasteiger partial charge in [0.1, 0.15) is 12.6 Å². The van der Waals surface area contributed by atoms with E-state index in [2.05, 4.69) is 10.4 Å². The summed E-state index contributed by atoms with van der Waals surface area (Å²) >= 11 is 0. The molecule has 2 atom stereocenters. The number of carboxylic acid groups (broad SMARTS) is 1.